The lowest BCUT2D eigenvalue weighted by atomic mass is 9.91. The third-order valence-electron chi connectivity index (χ3n) is 4.61. The quantitative estimate of drug-likeness (QED) is 0.941. The van der Waals surface area contributed by atoms with Crippen molar-refractivity contribution in [1.82, 2.24) is 9.78 Å². The van der Waals surface area contributed by atoms with Crippen molar-refractivity contribution in [3.63, 3.8) is 0 Å². The van der Waals surface area contributed by atoms with Crippen LogP contribution in [0, 0.1) is 12.8 Å². The fourth-order valence-electron chi connectivity index (χ4n) is 3.40. The molecule has 1 aromatic carbocycles. The normalized spacial score (nSPS) is 19.4. The number of rotatable bonds is 3. The number of anilines is 1. The highest BCUT2D eigenvalue weighted by Gasteiger charge is 2.29. The predicted molar refractivity (Wildman–Crippen MR) is 86.4 cm³/mol. The zero-order valence-corrected chi connectivity index (χ0v) is 13.1. The van der Waals surface area contributed by atoms with Crippen molar-refractivity contribution in [2.75, 3.05) is 18.0 Å². The van der Waals surface area contributed by atoms with E-state index in [1.807, 2.05) is 17.9 Å². The second-order valence-corrected chi connectivity index (χ2v) is 6.15. The van der Waals surface area contributed by atoms with Crippen molar-refractivity contribution in [2.45, 2.75) is 26.3 Å². The Hall–Kier alpha value is -1.81. The molecule has 4 nitrogen and oxygen atoms in total. The van der Waals surface area contributed by atoms with Crippen LogP contribution in [0.5, 0.6) is 0 Å². The molecule has 3 rings (SSSR count). The van der Waals surface area contributed by atoms with Crippen LogP contribution in [0.3, 0.4) is 0 Å². The predicted octanol–water partition coefficient (Wildman–Crippen LogP) is 2.43. The Morgan fingerprint density at radius 2 is 2.14 bits per heavy atom. The Morgan fingerprint density at radius 1 is 1.38 bits per heavy atom. The molecule has 0 saturated carbocycles. The third kappa shape index (κ3) is 2.44. The van der Waals surface area contributed by atoms with Gasteiger partial charge in [-0.3, -0.25) is 4.68 Å². The molecule has 2 N–H and O–H groups in total. The van der Waals surface area contributed by atoms with Crippen LogP contribution < -0.4 is 10.6 Å². The van der Waals surface area contributed by atoms with Gasteiger partial charge in [0.15, 0.2) is 0 Å². The van der Waals surface area contributed by atoms with Gasteiger partial charge in [-0.2, -0.15) is 5.10 Å². The molecule has 0 fully saturated rings. The molecular weight excluding hydrogens is 260 g/mol. The van der Waals surface area contributed by atoms with Gasteiger partial charge in [0.05, 0.1) is 12.2 Å². The van der Waals surface area contributed by atoms with E-state index in [0.29, 0.717) is 12.5 Å². The van der Waals surface area contributed by atoms with Gasteiger partial charge in [0.1, 0.15) is 0 Å². The number of hydrogen-bond donors (Lipinski definition) is 1. The van der Waals surface area contributed by atoms with Crippen molar-refractivity contribution in [3.8, 4) is 0 Å². The summed E-state index contributed by atoms with van der Waals surface area (Å²) in [5.41, 5.74) is 11.3. The maximum atomic E-state index is 6.14. The lowest BCUT2D eigenvalue weighted by Gasteiger charge is -2.40. The van der Waals surface area contributed by atoms with Crippen molar-refractivity contribution in [3.05, 3.63) is 47.3 Å². The third-order valence-corrected chi connectivity index (χ3v) is 4.61. The van der Waals surface area contributed by atoms with Gasteiger partial charge in [-0.15, -0.1) is 0 Å². The first-order valence-electron chi connectivity index (χ1n) is 7.65. The number of aryl methyl sites for hydroxylation is 1. The van der Waals surface area contributed by atoms with Gasteiger partial charge in [0.25, 0.3) is 0 Å². The smallest absolute Gasteiger partial charge is 0.0698 e. The zero-order chi connectivity index (χ0) is 15.0. The number of hydrogen-bond acceptors (Lipinski definition) is 3. The maximum absolute atomic E-state index is 6.14. The van der Waals surface area contributed by atoms with Crippen LogP contribution in [0.15, 0.2) is 30.5 Å². The highest BCUT2D eigenvalue weighted by molar-refractivity contribution is 5.57. The van der Waals surface area contributed by atoms with E-state index in [1.165, 1.54) is 22.5 Å². The summed E-state index contributed by atoms with van der Waals surface area (Å²) in [5, 5.41) is 4.39. The van der Waals surface area contributed by atoms with Crippen molar-refractivity contribution in [2.24, 2.45) is 18.7 Å². The van der Waals surface area contributed by atoms with E-state index in [0.717, 1.165) is 13.0 Å². The summed E-state index contributed by atoms with van der Waals surface area (Å²) < 4.78 is 1.93. The number of benzene rings is 1. The zero-order valence-electron chi connectivity index (χ0n) is 13.1. The molecule has 0 aliphatic carbocycles. The molecule has 0 amide bonds. The Balaban J connectivity index is 2.03. The molecule has 4 heteroatoms. The minimum Gasteiger partial charge on any atom is -0.363 e. The van der Waals surface area contributed by atoms with E-state index in [9.17, 15) is 0 Å². The highest BCUT2D eigenvalue weighted by atomic mass is 15.3. The monoisotopic (exact) mass is 284 g/mol. The molecule has 1 aliphatic heterocycles. The molecule has 2 unspecified atom stereocenters. The first kappa shape index (κ1) is 14.1. The van der Waals surface area contributed by atoms with E-state index in [1.54, 1.807) is 0 Å². The molecule has 2 atom stereocenters. The van der Waals surface area contributed by atoms with Crippen LogP contribution in [0.1, 0.15) is 29.8 Å². The molecule has 21 heavy (non-hydrogen) atoms. The Bertz CT molecular complexity index is 631. The van der Waals surface area contributed by atoms with E-state index in [4.69, 9.17) is 5.73 Å². The van der Waals surface area contributed by atoms with E-state index >= 15 is 0 Å². The average Bonchev–Trinajstić information content (AvgIpc) is 2.80. The minimum atomic E-state index is 0.197. The second-order valence-electron chi connectivity index (χ2n) is 6.15. The van der Waals surface area contributed by atoms with Crippen LogP contribution in [-0.4, -0.2) is 22.9 Å². The topological polar surface area (TPSA) is 47.1 Å². The summed E-state index contributed by atoms with van der Waals surface area (Å²) in [7, 11) is 1.99. The summed E-state index contributed by atoms with van der Waals surface area (Å²) in [6, 6.07) is 8.90. The standard InChI is InChI=1S/C17H24N4/c1-12-8-14-6-4-5-7-16(14)21(11-12)17(9-18)15-10-19-20(3)13(15)2/h4-7,10,12,17H,8-9,11,18H2,1-3H3. The molecule has 0 radical (unpaired) electrons. The first-order chi connectivity index (χ1) is 10.1. The fourth-order valence-corrected chi connectivity index (χ4v) is 3.40. The van der Waals surface area contributed by atoms with Gasteiger partial charge >= 0.3 is 0 Å². The summed E-state index contributed by atoms with van der Waals surface area (Å²) in [6.45, 7) is 6.08. The van der Waals surface area contributed by atoms with Crippen LogP contribution in [0.2, 0.25) is 0 Å². The second kappa shape index (κ2) is 5.53. The molecule has 2 aromatic rings. The largest absolute Gasteiger partial charge is 0.363 e. The molecule has 1 aromatic heterocycles. The Labute approximate surface area is 126 Å². The average molecular weight is 284 g/mol. The summed E-state index contributed by atoms with van der Waals surface area (Å²) in [5.74, 6) is 0.644. The number of nitrogens with two attached hydrogens (primary N) is 1. The minimum absolute atomic E-state index is 0.197. The van der Waals surface area contributed by atoms with E-state index in [-0.39, 0.29) is 6.04 Å². The number of fused-ring (bicyclic) bond motifs is 1. The van der Waals surface area contributed by atoms with Crippen LogP contribution in [-0.2, 0) is 13.5 Å². The number of nitrogens with zero attached hydrogens (tertiary/aromatic N) is 3. The maximum Gasteiger partial charge on any atom is 0.0698 e. The van der Waals surface area contributed by atoms with Crippen molar-refractivity contribution >= 4 is 5.69 Å². The molecule has 0 spiro atoms. The van der Waals surface area contributed by atoms with Gasteiger partial charge in [0, 0.05) is 37.1 Å². The van der Waals surface area contributed by atoms with Crippen LogP contribution in [0.25, 0.3) is 0 Å². The van der Waals surface area contributed by atoms with Gasteiger partial charge in [0.2, 0.25) is 0 Å². The van der Waals surface area contributed by atoms with Gasteiger partial charge in [-0.25, -0.2) is 0 Å². The van der Waals surface area contributed by atoms with Crippen molar-refractivity contribution < 1.29 is 0 Å². The van der Waals surface area contributed by atoms with Crippen molar-refractivity contribution in [1.29, 1.82) is 0 Å². The number of aromatic nitrogens is 2. The number of para-hydroxylation sites is 1. The lowest BCUT2D eigenvalue weighted by molar-refractivity contribution is 0.489. The summed E-state index contributed by atoms with van der Waals surface area (Å²) in [6.07, 6.45) is 3.12. The Morgan fingerprint density at radius 3 is 2.81 bits per heavy atom. The fraction of sp³-hybridized carbons (Fsp3) is 0.471. The van der Waals surface area contributed by atoms with E-state index in [2.05, 4.69) is 48.1 Å². The molecular formula is C17H24N4. The highest BCUT2D eigenvalue weighted by Crippen LogP contribution is 2.36. The van der Waals surface area contributed by atoms with Gasteiger partial charge in [-0.1, -0.05) is 25.1 Å². The summed E-state index contributed by atoms with van der Waals surface area (Å²) in [4.78, 5) is 2.47. The Kier molecular flexibility index (Phi) is 3.72. The SMILES string of the molecule is Cc1c(C(CN)N2CC(C)Cc3ccccc32)cnn1C. The molecule has 0 saturated heterocycles. The molecule has 2 heterocycles. The van der Waals surface area contributed by atoms with Gasteiger partial charge < -0.3 is 10.6 Å². The van der Waals surface area contributed by atoms with Crippen LogP contribution in [0.4, 0.5) is 5.69 Å². The molecule has 112 valence electrons. The van der Waals surface area contributed by atoms with E-state index < -0.39 is 0 Å². The van der Waals surface area contributed by atoms with Gasteiger partial charge in [-0.05, 0) is 30.9 Å². The molecule has 1 aliphatic rings. The lowest BCUT2D eigenvalue weighted by Crippen LogP contribution is -2.40. The first-order valence-corrected chi connectivity index (χ1v) is 7.65. The van der Waals surface area contributed by atoms with Crippen LogP contribution >= 0.6 is 0 Å². The summed E-state index contributed by atoms with van der Waals surface area (Å²) >= 11 is 0. The molecule has 0 bridgehead atoms.